The van der Waals surface area contributed by atoms with Crippen LogP contribution in [0.1, 0.15) is 44.6 Å². The average Bonchev–Trinajstić information content (AvgIpc) is 2.41. The summed E-state index contributed by atoms with van der Waals surface area (Å²) in [5.41, 5.74) is 3.42. The lowest BCUT2D eigenvalue weighted by molar-refractivity contribution is -0.146. The van der Waals surface area contributed by atoms with Crippen LogP contribution < -0.4 is 5.48 Å². The fraction of sp³-hybridized carbons (Fsp3) is 0.533. The lowest BCUT2D eigenvalue weighted by Gasteiger charge is -2.31. The van der Waals surface area contributed by atoms with Gasteiger partial charge in [0.2, 0.25) is 5.91 Å². The molecule has 1 aromatic carbocycles. The maximum absolute atomic E-state index is 12.1. The van der Waals surface area contributed by atoms with Crippen LogP contribution in [0.3, 0.4) is 0 Å². The molecule has 0 heterocycles. The standard InChI is InChI=1S/C15H21NO2/c1-15(10-6-3-7-11-15)14(17)16-18-12-13-8-4-2-5-9-13/h2,4-5,8-9H,3,6-7,10-12H2,1H3,(H,16,17). The lowest BCUT2D eigenvalue weighted by atomic mass is 9.75. The van der Waals surface area contributed by atoms with Crippen molar-refractivity contribution in [2.24, 2.45) is 5.41 Å². The van der Waals surface area contributed by atoms with Crippen molar-refractivity contribution in [1.82, 2.24) is 5.48 Å². The summed E-state index contributed by atoms with van der Waals surface area (Å²) in [5, 5.41) is 0. The van der Waals surface area contributed by atoms with Crippen molar-refractivity contribution in [1.29, 1.82) is 0 Å². The van der Waals surface area contributed by atoms with Crippen molar-refractivity contribution in [3.63, 3.8) is 0 Å². The van der Waals surface area contributed by atoms with E-state index in [1.807, 2.05) is 37.3 Å². The second-order valence-corrected chi connectivity index (χ2v) is 5.33. The molecular weight excluding hydrogens is 226 g/mol. The fourth-order valence-corrected chi connectivity index (χ4v) is 2.44. The van der Waals surface area contributed by atoms with Gasteiger partial charge in [-0.2, -0.15) is 0 Å². The van der Waals surface area contributed by atoms with E-state index in [1.54, 1.807) is 0 Å². The fourth-order valence-electron chi connectivity index (χ4n) is 2.44. The molecule has 0 radical (unpaired) electrons. The molecule has 0 aromatic heterocycles. The first kappa shape index (κ1) is 13.1. The summed E-state index contributed by atoms with van der Waals surface area (Å²) in [4.78, 5) is 17.4. The normalized spacial score (nSPS) is 18.3. The number of benzene rings is 1. The minimum atomic E-state index is -0.241. The van der Waals surface area contributed by atoms with Gasteiger partial charge in [-0.3, -0.25) is 9.63 Å². The molecule has 1 aliphatic carbocycles. The first-order chi connectivity index (χ1) is 8.71. The van der Waals surface area contributed by atoms with Crippen LogP contribution in [0.5, 0.6) is 0 Å². The van der Waals surface area contributed by atoms with Gasteiger partial charge in [0, 0.05) is 5.41 Å². The second-order valence-electron chi connectivity index (χ2n) is 5.33. The zero-order valence-corrected chi connectivity index (χ0v) is 10.9. The van der Waals surface area contributed by atoms with E-state index in [-0.39, 0.29) is 11.3 Å². The van der Waals surface area contributed by atoms with E-state index in [0.29, 0.717) is 6.61 Å². The highest BCUT2D eigenvalue weighted by atomic mass is 16.6. The van der Waals surface area contributed by atoms with Gasteiger partial charge in [0.05, 0.1) is 6.61 Å². The molecule has 98 valence electrons. The van der Waals surface area contributed by atoms with Crippen LogP contribution in [0, 0.1) is 5.41 Å². The SMILES string of the molecule is CC1(C(=O)NOCc2ccccc2)CCCCC1. The maximum Gasteiger partial charge on any atom is 0.249 e. The molecule has 1 aliphatic rings. The molecule has 0 aliphatic heterocycles. The highest BCUT2D eigenvalue weighted by Crippen LogP contribution is 2.35. The summed E-state index contributed by atoms with van der Waals surface area (Å²) < 4.78 is 0. The van der Waals surface area contributed by atoms with Gasteiger partial charge in [0.25, 0.3) is 0 Å². The van der Waals surface area contributed by atoms with E-state index < -0.39 is 0 Å². The first-order valence-corrected chi connectivity index (χ1v) is 6.67. The molecule has 1 aromatic rings. The van der Waals surface area contributed by atoms with Gasteiger partial charge in [-0.05, 0) is 18.4 Å². The van der Waals surface area contributed by atoms with Crippen LogP contribution in [0.4, 0.5) is 0 Å². The summed E-state index contributed by atoms with van der Waals surface area (Å²) in [7, 11) is 0. The van der Waals surface area contributed by atoms with Crippen molar-refractivity contribution in [2.45, 2.75) is 45.6 Å². The lowest BCUT2D eigenvalue weighted by Crippen LogP contribution is -2.40. The molecule has 18 heavy (non-hydrogen) atoms. The molecule has 3 heteroatoms. The smallest absolute Gasteiger partial charge is 0.249 e. The highest BCUT2D eigenvalue weighted by molar-refractivity contribution is 5.81. The molecule has 1 fully saturated rings. The second kappa shape index (κ2) is 6.01. The van der Waals surface area contributed by atoms with Crippen molar-refractivity contribution in [3.05, 3.63) is 35.9 Å². The highest BCUT2D eigenvalue weighted by Gasteiger charge is 2.34. The molecule has 0 unspecified atom stereocenters. The van der Waals surface area contributed by atoms with E-state index in [0.717, 1.165) is 31.2 Å². The topological polar surface area (TPSA) is 38.3 Å². The molecule has 0 spiro atoms. The first-order valence-electron chi connectivity index (χ1n) is 6.67. The Bertz CT molecular complexity index is 383. The average molecular weight is 247 g/mol. The van der Waals surface area contributed by atoms with Crippen LogP contribution in [0.15, 0.2) is 30.3 Å². The van der Waals surface area contributed by atoms with Crippen LogP contribution in [-0.2, 0) is 16.2 Å². The number of carbonyl (C=O) groups is 1. The Balaban J connectivity index is 1.78. The summed E-state index contributed by atoms with van der Waals surface area (Å²) >= 11 is 0. The number of hydroxylamine groups is 1. The molecule has 0 saturated heterocycles. The number of amides is 1. The van der Waals surface area contributed by atoms with Gasteiger partial charge in [-0.15, -0.1) is 0 Å². The third-order valence-electron chi connectivity index (χ3n) is 3.75. The van der Waals surface area contributed by atoms with Crippen LogP contribution in [0.25, 0.3) is 0 Å². The Morgan fingerprint density at radius 1 is 1.22 bits per heavy atom. The molecule has 1 N–H and O–H groups in total. The number of hydrogen-bond donors (Lipinski definition) is 1. The van der Waals surface area contributed by atoms with Gasteiger partial charge in [0.15, 0.2) is 0 Å². The molecule has 0 atom stereocenters. The van der Waals surface area contributed by atoms with Crippen LogP contribution >= 0.6 is 0 Å². The van der Waals surface area contributed by atoms with Gasteiger partial charge in [0.1, 0.15) is 0 Å². The summed E-state index contributed by atoms with van der Waals surface area (Å²) in [5.74, 6) is 0.0260. The van der Waals surface area contributed by atoms with Crippen LogP contribution in [0.2, 0.25) is 0 Å². The van der Waals surface area contributed by atoms with Crippen LogP contribution in [-0.4, -0.2) is 5.91 Å². The molecular formula is C15H21NO2. The van der Waals surface area contributed by atoms with E-state index in [4.69, 9.17) is 4.84 Å². The molecule has 1 saturated carbocycles. The van der Waals surface area contributed by atoms with Gasteiger partial charge < -0.3 is 0 Å². The monoisotopic (exact) mass is 247 g/mol. The predicted molar refractivity (Wildman–Crippen MR) is 70.6 cm³/mol. The largest absolute Gasteiger partial charge is 0.272 e. The van der Waals surface area contributed by atoms with Gasteiger partial charge in [-0.25, -0.2) is 5.48 Å². The van der Waals surface area contributed by atoms with Crippen molar-refractivity contribution >= 4 is 5.91 Å². The Morgan fingerprint density at radius 3 is 2.56 bits per heavy atom. The van der Waals surface area contributed by atoms with E-state index in [9.17, 15) is 4.79 Å². The van der Waals surface area contributed by atoms with E-state index in [2.05, 4.69) is 5.48 Å². The van der Waals surface area contributed by atoms with Crippen molar-refractivity contribution < 1.29 is 9.63 Å². The maximum atomic E-state index is 12.1. The Kier molecular flexibility index (Phi) is 4.37. The number of nitrogens with one attached hydrogen (secondary N) is 1. The number of rotatable bonds is 4. The van der Waals surface area contributed by atoms with Crippen molar-refractivity contribution in [3.8, 4) is 0 Å². The van der Waals surface area contributed by atoms with Gasteiger partial charge >= 0.3 is 0 Å². The summed E-state index contributed by atoms with van der Waals surface area (Å²) in [6.07, 6.45) is 5.46. The third-order valence-corrected chi connectivity index (χ3v) is 3.75. The molecule has 3 nitrogen and oxygen atoms in total. The summed E-state index contributed by atoms with van der Waals surface area (Å²) in [6, 6.07) is 9.85. The van der Waals surface area contributed by atoms with E-state index in [1.165, 1.54) is 6.42 Å². The Hall–Kier alpha value is -1.35. The third kappa shape index (κ3) is 3.33. The van der Waals surface area contributed by atoms with Gasteiger partial charge in [-0.1, -0.05) is 56.5 Å². The number of carbonyl (C=O) groups excluding carboxylic acids is 1. The zero-order chi connectivity index (χ0) is 12.8. The number of hydrogen-bond acceptors (Lipinski definition) is 2. The summed E-state index contributed by atoms with van der Waals surface area (Å²) in [6.45, 7) is 2.45. The minimum absolute atomic E-state index is 0.0260. The molecule has 0 bridgehead atoms. The molecule has 1 amide bonds. The van der Waals surface area contributed by atoms with E-state index >= 15 is 0 Å². The molecule has 2 rings (SSSR count). The van der Waals surface area contributed by atoms with Crippen molar-refractivity contribution in [2.75, 3.05) is 0 Å². The quantitative estimate of drug-likeness (QED) is 0.830. The Morgan fingerprint density at radius 2 is 1.89 bits per heavy atom. The predicted octanol–water partition coefficient (Wildman–Crippen LogP) is 3.20. The zero-order valence-electron chi connectivity index (χ0n) is 10.9. The Labute approximate surface area is 108 Å². The minimum Gasteiger partial charge on any atom is -0.272 e.